The number of amides is 3. The number of benzene rings is 2. The van der Waals surface area contributed by atoms with Crippen molar-refractivity contribution in [3.05, 3.63) is 77.6 Å². The molecule has 0 bridgehead atoms. The van der Waals surface area contributed by atoms with Gasteiger partial charge in [0, 0.05) is 18.8 Å². The van der Waals surface area contributed by atoms with Crippen LogP contribution in [0.15, 0.2) is 66.9 Å². The number of nitrogens with one attached hydrogen (secondary N) is 3. The van der Waals surface area contributed by atoms with E-state index in [1.807, 2.05) is 48.5 Å². The summed E-state index contributed by atoms with van der Waals surface area (Å²) in [7, 11) is -3.32. The van der Waals surface area contributed by atoms with Crippen LogP contribution in [-0.2, 0) is 21.4 Å². The summed E-state index contributed by atoms with van der Waals surface area (Å²) >= 11 is 5.77. The lowest BCUT2D eigenvalue weighted by molar-refractivity contribution is -0.121. The molecule has 1 aliphatic heterocycles. The number of hydrogen-bond acceptors (Lipinski definition) is 5. The van der Waals surface area contributed by atoms with Gasteiger partial charge in [-0.15, -0.1) is 0 Å². The first-order chi connectivity index (χ1) is 17.2. The zero-order valence-corrected chi connectivity index (χ0v) is 21.1. The predicted molar refractivity (Wildman–Crippen MR) is 140 cm³/mol. The van der Waals surface area contributed by atoms with E-state index in [0.29, 0.717) is 23.8 Å². The average Bonchev–Trinajstić information content (AvgIpc) is 2.85. The van der Waals surface area contributed by atoms with Crippen molar-refractivity contribution in [3.63, 3.8) is 0 Å². The van der Waals surface area contributed by atoms with E-state index >= 15 is 0 Å². The molecule has 0 aliphatic carbocycles. The molecule has 0 unspecified atom stereocenters. The van der Waals surface area contributed by atoms with Crippen LogP contribution >= 0.6 is 11.6 Å². The highest BCUT2D eigenvalue weighted by atomic mass is 35.5. The van der Waals surface area contributed by atoms with Crippen molar-refractivity contribution in [2.75, 3.05) is 23.0 Å². The van der Waals surface area contributed by atoms with Crippen LogP contribution in [0.4, 0.5) is 16.2 Å². The molecular formula is C25H26ClN5O4S. The summed E-state index contributed by atoms with van der Waals surface area (Å²) in [6.07, 6.45) is 3.84. The summed E-state index contributed by atoms with van der Waals surface area (Å²) in [6.45, 7) is 0.733. The van der Waals surface area contributed by atoms with Crippen LogP contribution in [0.5, 0.6) is 0 Å². The summed E-state index contributed by atoms with van der Waals surface area (Å²) in [5.74, 6) is -0.184. The largest absolute Gasteiger partial charge is 0.326 e. The van der Waals surface area contributed by atoms with Crippen LogP contribution in [0.25, 0.3) is 11.1 Å². The Bertz CT molecular complexity index is 1350. The molecule has 2 aromatic carbocycles. The Hall–Kier alpha value is -3.47. The SMILES string of the molecule is CS(=O)(=O)NCc1ccccc1-c1ccc(N2CCC[C@@H](NC(=O)Nc3ccc(Cl)nc3)C2=O)cc1. The zero-order chi connectivity index (χ0) is 25.7. The van der Waals surface area contributed by atoms with Gasteiger partial charge in [-0.2, -0.15) is 0 Å². The lowest BCUT2D eigenvalue weighted by atomic mass is 9.98. The van der Waals surface area contributed by atoms with Gasteiger partial charge in [0.2, 0.25) is 15.9 Å². The lowest BCUT2D eigenvalue weighted by Gasteiger charge is -2.32. The molecule has 1 aromatic heterocycles. The van der Waals surface area contributed by atoms with Crippen molar-refractivity contribution < 1.29 is 18.0 Å². The third-order valence-electron chi connectivity index (χ3n) is 5.76. The summed E-state index contributed by atoms with van der Waals surface area (Å²) in [4.78, 5) is 31.1. The third-order valence-corrected chi connectivity index (χ3v) is 6.65. The number of pyridine rings is 1. The maximum absolute atomic E-state index is 13.1. The second-order valence-electron chi connectivity index (χ2n) is 8.45. The molecule has 0 radical (unpaired) electrons. The smallest absolute Gasteiger partial charge is 0.319 e. The van der Waals surface area contributed by atoms with Crippen molar-refractivity contribution in [1.29, 1.82) is 0 Å². The Morgan fingerprint density at radius 1 is 1.11 bits per heavy atom. The van der Waals surface area contributed by atoms with Crippen LogP contribution in [-0.4, -0.2) is 44.2 Å². The molecule has 36 heavy (non-hydrogen) atoms. The van der Waals surface area contributed by atoms with E-state index in [-0.39, 0.29) is 12.5 Å². The Balaban J connectivity index is 1.44. The topological polar surface area (TPSA) is 120 Å². The highest BCUT2D eigenvalue weighted by Crippen LogP contribution is 2.28. The minimum atomic E-state index is -3.32. The van der Waals surface area contributed by atoms with Gasteiger partial charge in [0.25, 0.3) is 0 Å². The van der Waals surface area contributed by atoms with Gasteiger partial charge in [-0.3, -0.25) is 4.79 Å². The van der Waals surface area contributed by atoms with E-state index in [1.165, 1.54) is 6.20 Å². The van der Waals surface area contributed by atoms with E-state index < -0.39 is 22.1 Å². The summed E-state index contributed by atoms with van der Waals surface area (Å²) in [5.41, 5.74) is 3.85. The van der Waals surface area contributed by atoms with Crippen molar-refractivity contribution in [3.8, 4) is 11.1 Å². The standard InChI is InChI=1S/C25H26ClN5O4S/c1-36(34,35)28-15-18-5-2-3-6-21(18)17-8-11-20(12-9-17)31-14-4-7-22(24(31)32)30-25(33)29-19-10-13-23(26)27-16-19/h2-3,5-6,8-13,16,22,28H,4,7,14-15H2,1H3,(H2,29,30,33)/t22-/m1/s1. The highest BCUT2D eigenvalue weighted by Gasteiger charge is 2.31. The number of sulfonamides is 1. The normalized spacial score (nSPS) is 16.0. The number of aromatic nitrogens is 1. The second-order valence-corrected chi connectivity index (χ2v) is 10.7. The molecule has 9 nitrogen and oxygen atoms in total. The van der Waals surface area contributed by atoms with Gasteiger partial charge in [-0.05, 0) is 53.8 Å². The van der Waals surface area contributed by atoms with Crippen molar-refractivity contribution in [1.82, 2.24) is 15.0 Å². The molecule has 1 saturated heterocycles. The van der Waals surface area contributed by atoms with Crippen LogP contribution in [0.1, 0.15) is 18.4 Å². The molecule has 0 saturated carbocycles. The Kier molecular flexibility index (Phi) is 7.88. The molecule has 1 atom stereocenters. The van der Waals surface area contributed by atoms with Gasteiger partial charge in [0.05, 0.1) is 18.1 Å². The van der Waals surface area contributed by atoms with Crippen molar-refractivity contribution in [2.45, 2.75) is 25.4 Å². The molecule has 3 N–H and O–H groups in total. The highest BCUT2D eigenvalue weighted by molar-refractivity contribution is 7.88. The predicted octanol–water partition coefficient (Wildman–Crippen LogP) is 3.77. The summed E-state index contributed by atoms with van der Waals surface area (Å²) < 4.78 is 25.6. The summed E-state index contributed by atoms with van der Waals surface area (Å²) in [5, 5.41) is 5.72. The first-order valence-corrected chi connectivity index (χ1v) is 13.6. The van der Waals surface area contributed by atoms with E-state index in [9.17, 15) is 18.0 Å². The average molecular weight is 528 g/mol. The molecular weight excluding hydrogens is 502 g/mol. The van der Waals surface area contributed by atoms with Crippen LogP contribution < -0.4 is 20.3 Å². The molecule has 1 aliphatic rings. The maximum Gasteiger partial charge on any atom is 0.319 e. The first kappa shape index (κ1) is 25.6. The number of nitrogens with zero attached hydrogens (tertiary/aromatic N) is 2. The Morgan fingerprint density at radius 3 is 2.56 bits per heavy atom. The van der Waals surface area contributed by atoms with Crippen LogP contribution in [0.3, 0.4) is 0 Å². The van der Waals surface area contributed by atoms with Gasteiger partial charge in [0.1, 0.15) is 11.2 Å². The molecule has 3 amide bonds. The van der Waals surface area contributed by atoms with Gasteiger partial charge >= 0.3 is 6.03 Å². The maximum atomic E-state index is 13.1. The van der Waals surface area contributed by atoms with Crippen LogP contribution in [0, 0.1) is 0 Å². The number of carbonyl (C=O) groups is 2. The number of piperidine rings is 1. The minimum Gasteiger partial charge on any atom is -0.326 e. The lowest BCUT2D eigenvalue weighted by Crippen LogP contribution is -2.53. The van der Waals surface area contributed by atoms with Crippen LogP contribution in [0.2, 0.25) is 5.15 Å². The fourth-order valence-electron chi connectivity index (χ4n) is 4.03. The molecule has 1 fully saturated rings. The quantitative estimate of drug-likeness (QED) is 0.404. The van der Waals surface area contributed by atoms with Crippen molar-refractivity contribution >= 4 is 44.9 Å². The number of urea groups is 1. The van der Waals surface area contributed by atoms with Gasteiger partial charge < -0.3 is 15.5 Å². The number of carbonyl (C=O) groups excluding carboxylic acids is 2. The summed E-state index contributed by atoms with van der Waals surface area (Å²) in [6, 6.07) is 17.1. The van der Waals surface area contributed by atoms with E-state index in [4.69, 9.17) is 11.6 Å². The number of halogens is 1. The molecule has 3 aromatic rings. The Labute approximate surface area is 214 Å². The molecule has 2 heterocycles. The molecule has 188 valence electrons. The molecule has 0 spiro atoms. The van der Waals surface area contributed by atoms with Crippen molar-refractivity contribution in [2.24, 2.45) is 0 Å². The monoisotopic (exact) mass is 527 g/mol. The fourth-order valence-corrected chi connectivity index (χ4v) is 4.56. The van der Waals surface area contributed by atoms with Gasteiger partial charge in [-0.25, -0.2) is 22.9 Å². The van der Waals surface area contributed by atoms with E-state index in [2.05, 4.69) is 20.3 Å². The minimum absolute atomic E-state index is 0.183. The molecule has 4 rings (SSSR count). The fraction of sp³-hybridized carbons (Fsp3) is 0.240. The number of anilines is 2. The molecule has 11 heteroatoms. The van der Waals surface area contributed by atoms with Gasteiger partial charge in [-0.1, -0.05) is 48.0 Å². The second kappa shape index (κ2) is 11.1. The van der Waals surface area contributed by atoms with Gasteiger partial charge in [0.15, 0.2) is 0 Å². The third kappa shape index (κ3) is 6.60. The Morgan fingerprint density at radius 2 is 1.86 bits per heavy atom. The van der Waals surface area contributed by atoms with E-state index in [0.717, 1.165) is 35.1 Å². The number of hydrogen-bond donors (Lipinski definition) is 3. The van der Waals surface area contributed by atoms with E-state index in [1.54, 1.807) is 17.0 Å². The zero-order valence-electron chi connectivity index (χ0n) is 19.6. The number of rotatable bonds is 7. The first-order valence-electron chi connectivity index (χ1n) is 11.3.